The molecule has 3 rings (SSSR count). The minimum atomic E-state index is -1.23. The molecule has 0 unspecified atom stereocenters. The Morgan fingerprint density at radius 1 is 1.04 bits per heavy atom. The Morgan fingerprint density at radius 2 is 1.76 bits per heavy atom. The van der Waals surface area contributed by atoms with Gasteiger partial charge in [-0.3, -0.25) is 0 Å². The second-order valence-corrected chi connectivity index (χ2v) is 5.09. The van der Waals surface area contributed by atoms with E-state index in [1.807, 2.05) is 0 Å². The zero-order chi connectivity index (χ0) is 18.0. The van der Waals surface area contributed by atoms with Gasteiger partial charge in [0.15, 0.2) is 5.69 Å². The first-order chi connectivity index (χ1) is 12.0. The van der Waals surface area contributed by atoms with Crippen molar-refractivity contribution in [1.29, 1.82) is 0 Å². The maximum Gasteiger partial charge on any atom is 0.358 e. The van der Waals surface area contributed by atoms with Gasteiger partial charge in [-0.1, -0.05) is 11.3 Å². The molecule has 8 nitrogen and oxygen atoms in total. The van der Waals surface area contributed by atoms with Crippen molar-refractivity contribution in [2.45, 2.75) is 0 Å². The Bertz CT molecular complexity index is 947. The van der Waals surface area contributed by atoms with Crippen molar-refractivity contribution in [3.63, 3.8) is 0 Å². The highest BCUT2D eigenvalue weighted by Gasteiger charge is 2.22. The first-order valence-electron chi connectivity index (χ1n) is 7.18. The van der Waals surface area contributed by atoms with Gasteiger partial charge in [0, 0.05) is 5.56 Å². The molecule has 0 aliphatic rings. The fraction of sp³-hybridized carbons (Fsp3) is 0.0588. The van der Waals surface area contributed by atoms with E-state index in [-0.39, 0.29) is 17.0 Å². The molecule has 0 atom stereocenters. The van der Waals surface area contributed by atoms with Crippen LogP contribution in [0.15, 0.2) is 48.5 Å². The van der Waals surface area contributed by atoms with Gasteiger partial charge in [0.25, 0.3) is 0 Å². The predicted molar refractivity (Wildman–Crippen MR) is 87.3 cm³/mol. The first-order valence-corrected chi connectivity index (χ1v) is 7.18. The van der Waals surface area contributed by atoms with Crippen molar-refractivity contribution < 1.29 is 24.5 Å². The van der Waals surface area contributed by atoms with Gasteiger partial charge in [-0.15, -0.1) is 5.10 Å². The third-order valence-electron chi connectivity index (χ3n) is 3.57. The fourth-order valence-corrected chi connectivity index (χ4v) is 2.39. The number of aromatic carboxylic acids is 2. The van der Waals surface area contributed by atoms with Crippen molar-refractivity contribution in [2.24, 2.45) is 0 Å². The maximum absolute atomic E-state index is 11.5. The summed E-state index contributed by atoms with van der Waals surface area (Å²) in [5.74, 6) is -1.70. The molecule has 0 bridgehead atoms. The third kappa shape index (κ3) is 3.05. The number of carboxylic acids is 2. The Kier molecular flexibility index (Phi) is 4.17. The monoisotopic (exact) mass is 339 g/mol. The second kappa shape index (κ2) is 6.44. The second-order valence-electron chi connectivity index (χ2n) is 5.09. The Hall–Kier alpha value is -3.68. The van der Waals surface area contributed by atoms with E-state index in [4.69, 9.17) is 9.84 Å². The van der Waals surface area contributed by atoms with Crippen LogP contribution >= 0.6 is 0 Å². The van der Waals surface area contributed by atoms with Crippen LogP contribution in [0.4, 0.5) is 0 Å². The lowest BCUT2D eigenvalue weighted by molar-refractivity contribution is 0.0683. The molecular formula is C17H13N3O5. The summed E-state index contributed by atoms with van der Waals surface area (Å²) in [6.45, 7) is 0. The summed E-state index contributed by atoms with van der Waals surface area (Å²) in [6, 6.07) is 12.8. The standard InChI is InChI=1S/C17H13N3O5/c1-25-13-7-5-10(6-8-13)15-14(17(23)24)18-19-20(15)12-4-2-3-11(9-12)16(21)22/h2-9H,1H3,(H,21,22)(H,23,24). The van der Waals surface area contributed by atoms with Crippen LogP contribution in [0, 0.1) is 0 Å². The minimum absolute atomic E-state index is 0.0607. The fourth-order valence-electron chi connectivity index (χ4n) is 2.39. The molecule has 2 N–H and O–H groups in total. The largest absolute Gasteiger partial charge is 0.497 e. The summed E-state index contributed by atoms with van der Waals surface area (Å²) in [4.78, 5) is 22.7. The Balaban J connectivity index is 2.19. The first kappa shape index (κ1) is 16.2. The number of aromatic nitrogens is 3. The quantitative estimate of drug-likeness (QED) is 0.733. The summed E-state index contributed by atoms with van der Waals surface area (Å²) < 4.78 is 6.40. The predicted octanol–water partition coefficient (Wildman–Crippen LogP) is 2.34. The summed E-state index contributed by atoms with van der Waals surface area (Å²) >= 11 is 0. The molecule has 0 radical (unpaired) electrons. The number of hydrogen-bond donors (Lipinski definition) is 2. The van der Waals surface area contributed by atoms with Gasteiger partial charge < -0.3 is 14.9 Å². The number of methoxy groups -OCH3 is 1. The van der Waals surface area contributed by atoms with E-state index >= 15 is 0 Å². The number of carbonyl (C=O) groups is 2. The molecule has 0 spiro atoms. The summed E-state index contributed by atoms with van der Waals surface area (Å²) in [5.41, 5.74) is 1.03. The molecule has 3 aromatic rings. The third-order valence-corrected chi connectivity index (χ3v) is 3.57. The van der Waals surface area contributed by atoms with E-state index < -0.39 is 11.9 Å². The smallest absolute Gasteiger partial charge is 0.358 e. The zero-order valence-corrected chi connectivity index (χ0v) is 13.1. The SMILES string of the molecule is COc1ccc(-c2c(C(=O)O)nnn2-c2cccc(C(=O)O)c2)cc1. The van der Waals surface area contributed by atoms with Crippen LogP contribution in [0.1, 0.15) is 20.8 Å². The molecule has 1 aromatic heterocycles. The van der Waals surface area contributed by atoms with Gasteiger partial charge in [0.05, 0.1) is 18.4 Å². The number of benzene rings is 2. The van der Waals surface area contributed by atoms with E-state index in [9.17, 15) is 14.7 Å². The molecule has 0 aliphatic heterocycles. The highest BCUT2D eigenvalue weighted by molar-refractivity contribution is 5.93. The van der Waals surface area contributed by atoms with Crippen LogP contribution < -0.4 is 4.74 Å². The Morgan fingerprint density at radius 3 is 2.36 bits per heavy atom. The zero-order valence-electron chi connectivity index (χ0n) is 13.1. The van der Waals surface area contributed by atoms with Gasteiger partial charge in [0.1, 0.15) is 11.4 Å². The van der Waals surface area contributed by atoms with Crippen molar-refractivity contribution >= 4 is 11.9 Å². The molecule has 0 amide bonds. The highest BCUT2D eigenvalue weighted by atomic mass is 16.5. The molecule has 126 valence electrons. The van der Waals surface area contributed by atoms with Crippen molar-refractivity contribution in [2.75, 3.05) is 7.11 Å². The summed E-state index contributed by atoms with van der Waals surface area (Å²) in [6.07, 6.45) is 0. The molecule has 1 heterocycles. The minimum Gasteiger partial charge on any atom is -0.497 e. The van der Waals surface area contributed by atoms with Crippen molar-refractivity contribution in [3.8, 4) is 22.7 Å². The molecular weight excluding hydrogens is 326 g/mol. The average molecular weight is 339 g/mol. The maximum atomic E-state index is 11.5. The van der Waals surface area contributed by atoms with Gasteiger partial charge in [-0.2, -0.15) is 0 Å². The number of nitrogens with zero attached hydrogens (tertiary/aromatic N) is 3. The van der Waals surface area contributed by atoms with Crippen LogP contribution in [0.25, 0.3) is 16.9 Å². The number of carboxylic acid groups (broad SMARTS) is 2. The summed E-state index contributed by atoms with van der Waals surface area (Å²) in [5, 5.41) is 26.1. The van der Waals surface area contributed by atoms with Crippen molar-refractivity contribution in [3.05, 3.63) is 59.8 Å². The molecule has 0 saturated heterocycles. The van der Waals surface area contributed by atoms with Gasteiger partial charge in [-0.25, -0.2) is 14.3 Å². The van der Waals surface area contributed by atoms with Crippen molar-refractivity contribution in [1.82, 2.24) is 15.0 Å². The van der Waals surface area contributed by atoms with E-state index in [2.05, 4.69) is 10.3 Å². The Labute approximate surface area is 141 Å². The van der Waals surface area contributed by atoms with Crippen LogP contribution in [0.3, 0.4) is 0 Å². The molecule has 8 heteroatoms. The van der Waals surface area contributed by atoms with E-state index in [0.717, 1.165) is 0 Å². The van der Waals surface area contributed by atoms with E-state index in [1.54, 1.807) is 36.4 Å². The number of ether oxygens (including phenoxy) is 1. The number of hydrogen-bond acceptors (Lipinski definition) is 5. The van der Waals surface area contributed by atoms with E-state index in [1.165, 1.54) is 23.9 Å². The van der Waals surface area contributed by atoms with Gasteiger partial charge in [-0.05, 0) is 42.5 Å². The lowest BCUT2D eigenvalue weighted by atomic mass is 10.1. The number of rotatable bonds is 5. The van der Waals surface area contributed by atoms with Crippen LogP contribution in [-0.2, 0) is 0 Å². The summed E-state index contributed by atoms with van der Waals surface area (Å²) in [7, 11) is 1.53. The van der Waals surface area contributed by atoms with Crippen LogP contribution in [0.5, 0.6) is 5.75 Å². The highest BCUT2D eigenvalue weighted by Crippen LogP contribution is 2.27. The van der Waals surface area contributed by atoms with Gasteiger partial charge in [0.2, 0.25) is 0 Å². The molecule has 0 saturated carbocycles. The van der Waals surface area contributed by atoms with E-state index in [0.29, 0.717) is 17.0 Å². The molecule has 25 heavy (non-hydrogen) atoms. The van der Waals surface area contributed by atoms with Gasteiger partial charge >= 0.3 is 11.9 Å². The normalized spacial score (nSPS) is 10.4. The molecule has 0 aliphatic carbocycles. The van der Waals surface area contributed by atoms with Crippen LogP contribution in [0.2, 0.25) is 0 Å². The average Bonchev–Trinajstić information content (AvgIpc) is 3.07. The lowest BCUT2D eigenvalue weighted by Gasteiger charge is -2.09. The topological polar surface area (TPSA) is 115 Å². The van der Waals surface area contributed by atoms with Crippen LogP contribution in [-0.4, -0.2) is 44.3 Å². The molecule has 2 aromatic carbocycles. The lowest BCUT2D eigenvalue weighted by Crippen LogP contribution is -2.05. The molecule has 0 fully saturated rings.